The molecule has 0 bridgehead atoms. The molecule has 0 atom stereocenters. The Morgan fingerprint density at radius 1 is 1.30 bits per heavy atom. The van der Waals surface area contributed by atoms with Gasteiger partial charge in [0.25, 0.3) is 11.6 Å². The number of benzene rings is 1. The first-order chi connectivity index (χ1) is 13.0. The van der Waals surface area contributed by atoms with Gasteiger partial charge in [-0.25, -0.2) is 5.43 Å². The topological polar surface area (TPSA) is 104 Å². The number of carbonyl (C=O) groups excluding carboxylic acids is 1. The van der Waals surface area contributed by atoms with Gasteiger partial charge in [0.05, 0.1) is 16.7 Å². The van der Waals surface area contributed by atoms with Gasteiger partial charge < -0.3 is 9.80 Å². The quantitative estimate of drug-likeness (QED) is 0.487. The maximum Gasteiger partial charge on any atom is 0.272 e. The maximum atomic E-state index is 12.0. The molecule has 1 amide bonds. The first kappa shape index (κ1) is 18.5. The smallest absolute Gasteiger partial charge is 0.272 e. The summed E-state index contributed by atoms with van der Waals surface area (Å²) in [5, 5.41) is 15.1. The molecular weight excluding hydrogens is 348 g/mol. The number of pyridine rings is 1. The number of nitrogens with zero attached hydrogens (tertiary/aromatic N) is 5. The maximum absolute atomic E-state index is 12.0. The molecule has 9 nitrogen and oxygen atoms in total. The summed E-state index contributed by atoms with van der Waals surface area (Å²) >= 11 is 0. The van der Waals surface area contributed by atoms with Gasteiger partial charge in [0, 0.05) is 62.0 Å². The summed E-state index contributed by atoms with van der Waals surface area (Å²) in [5.74, 6) is -0.397. The molecule has 0 aliphatic carbocycles. The summed E-state index contributed by atoms with van der Waals surface area (Å²) in [5.41, 5.74) is 4.23. The minimum absolute atomic E-state index is 0.0205. The van der Waals surface area contributed by atoms with Crippen LogP contribution in [0.25, 0.3) is 0 Å². The van der Waals surface area contributed by atoms with Crippen LogP contribution in [0.1, 0.15) is 15.9 Å². The Morgan fingerprint density at radius 3 is 2.74 bits per heavy atom. The van der Waals surface area contributed by atoms with Crippen LogP contribution in [-0.2, 0) is 0 Å². The average molecular weight is 368 g/mol. The van der Waals surface area contributed by atoms with Crippen LogP contribution in [0.4, 0.5) is 11.4 Å². The fourth-order valence-electron chi connectivity index (χ4n) is 2.82. The lowest BCUT2D eigenvalue weighted by molar-refractivity contribution is -0.384. The van der Waals surface area contributed by atoms with E-state index >= 15 is 0 Å². The lowest BCUT2D eigenvalue weighted by Crippen LogP contribution is -2.44. The van der Waals surface area contributed by atoms with Crippen molar-refractivity contribution in [2.75, 3.05) is 38.1 Å². The van der Waals surface area contributed by atoms with E-state index in [4.69, 9.17) is 0 Å². The van der Waals surface area contributed by atoms with Gasteiger partial charge in [-0.2, -0.15) is 5.10 Å². The number of hydrogen-bond donors (Lipinski definition) is 1. The lowest BCUT2D eigenvalue weighted by atomic mass is 10.1. The molecule has 1 aliphatic rings. The van der Waals surface area contributed by atoms with Crippen LogP contribution in [0.2, 0.25) is 0 Å². The van der Waals surface area contributed by atoms with Crippen molar-refractivity contribution in [3.63, 3.8) is 0 Å². The van der Waals surface area contributed by atoms with Crippen LogP contribution < -0.4 is 10.3 Å². The number of likely N-dealkylation sites (N-methyl/N-ethyl adjacent to an activating group) is 1. The molecule has 2 aromatic rings. The SMILES string of the molecule is CN1CCN(c2ccc([N+](=O)[O-])cc2/C=N/NC(=O)c2cccnc2)CC1. The molecule has 1 aromatic carbocycles. The van der Waals surface area contributed by atoms with E-state index in [1.165, 1.54) is 24.5 Å². The third-order valence-electron chi connectivity index (χ3n) is 4.36. The highest BCUT2D eigenvalue weighted by atomic mass is 16.6. The Balaban J connectivity index is 1.80. The molecule has 1 aromatic heterocycles. The molecule has 0 radical (unpaired) electrons. The van der Waals surface area contributed by atoms with Crippen LogP contribution in [0.15, 0.2) is 47.8 Å². The summed E-state index contributed by atoms with van der Waals surface area (Å²) < 4.78 is 0. The zero-order chi connectivity index (χ0) is 19.2. The molecule has 1 aliphatic heterocycles. The highest BCUT2D eigenvalue weighted by Crippen LogP contribution is 2.25. The molecule has 2 heterocycles. The van der Waals surface area contributed by atoms with Gasteiger partial charge >= 0.3 is 0 Å². The van der Waals surface area contributed by atoms with Gasteiger partial charge in [0.1, 0.15) is 0 Å². The largest absolute Gasteiger partial charge is 0.368 e. The second kappa shape index (κ2) is 8.37. The number of aromatic nitrogens is 1. The molecule has 0 unspecified atom stereocenters. The fourth-order valence-corrected chi connectivity index (χ4v) is 2.82. The van der Waals surface area contributed by atoms with Crippen molar-refractivity contribution >= 4 is 23.5 Å². The summed E-state index contributed by atoms with van der Waals surface area (Å²) in [7, 11) is 2.06. The number of hydrogen-bond acceptors (Lipinski definition) is 7. The minimum Gasteiger partial charge on any atom is -0.368 e. The minimum atomic E-state index is -0.445. The third kappa shape index (κ3) is 4.64. The van der Waals surface area contributed by atoms with E-state index in [0.29, 0.717) is 11.1 Å². The van der Waals surface area contributed by atoms with E-state index in [1.807, 2.05) is 0 Å². The zero-order valence-electron chi connectivity index (χ0n) is 14.9. The van der Waals surface area contributed by atoms with Crippen molar-refractivity contribution in [3.8, 4) is 0 Å². The van der Waals surface area contributed by atoms with Gasteiger partial charge in [0.15, 0.2) is 0 Å². The third-order valence-corrected chi connectivity index (χ3v) is 4.36. The Morgan fingerprint density at radius 2 is 2.07 bits per heavy atom. The molecule has 0 spiro atoms. The molecule has 3 rings (SSSR count). The summed E-state index contributed by atoms with van der Waals surface area (Å²) in [6.07, 6.45) is 4.45. The van der Waals surface area contributed by atoms with Crippen LogP contribution in [0.5, 0.6) is 0 Å². The molecular formula is C18H20N6O3. The van der Waals surface area contributed by atoms with Crippen LogP contribution in [-0.4, -0.2) is 60.2 Å². The predicted octanol–water partition coefficient (Wildman–Crippen LogP) is 1.51. The molecule has 1 fully saturated rings. The van der Waals surface area contributed by atoms with E-state index in [-0.39, 0.29) is 5.69 Å². The lowest BCUT2D eigenvalue weighted by Gasteiger charge is -2.34. The van der Waals surface area contributed by atoms with E-state index in [0.717, 1.165) is 31.9 Å². The highest BCUT2D eigenvalue weighted by molar-refractivity contribution is 5.95. The second-order valence-corrected chi connectivity index (χ2v) is 6.23. The van der Waals surface area contributed by atoms with E-state index in [9.17, 15) is 14.9 Å². The van der Waals surface area contributed by atoms with Gasteiger partial charge in [-0.1, -0.05) is 0 Å². The number of nitro benzene ring substituents is 1. The number of hydrazone groups is 1. The van der Waals surface area contributed by atoms with Crippen molar-refractivity contribution in [2.45, 2.75) is 0 Å². The molecule has 1 N–H and O–H groups in total. The Hall–Kier alpha value is -3.33. The van der Waals surface area contributed by atoms with Gasteiger partial charge in [-0.15, -0.1) is 0 Å². The average Bonchev–Trinajstić information content (AvgIpc) is 2.69. The standard InChI is InChI=1S/C18H20N6O3/c1-22-7-9-23(10-8-22)17-5-4-16(24(26)27)11-15(17)13-20-21-18(25)14-3-2-6-19-12-14/h2-6,11-13H,7-10H2,1H3,(H,21,25)/b20-13+. The van der Waals surface area contributed by atoms with Crippen molar-refractivity contribution in [1.29, 1.82) is 0 Å². The van der Waals surface area contributed by atoms with Crippen molar-refractivity contribution in [1.82, 2.24) is 15.3 Å². The Kier molecular flexibility index (Phi) is 5.72. The number of nitro groups is 1. The Labute approximate surface area is 156 Å². The van der Waals surface area contributed by atoms with Crippen molar-refractivity contribution < 1.29 is 9.72 Å². The monoisotopic (exact) mass is 368 g/mol. The molecule has 140 valence electrons. The number of amides is 1. The fraction of sp³-hybridized carbons (Fsp3) is 0.278. The van der Waals surface area contributed by atoms with Crippen LogP contribution in [0, 0.1) is 10.1 Å². The first-order valence-electron chi connectivity index (χ1n) is 8.50. The summed E-state index contributed by atoms with van der Waals surface area (Å²) in [6, 6.07) is 7.96. The van der Waals surface area contributed by atoms with Crippen molar-refractivity contribution in [3.05, 3.63) is 64.0 Å². The van der Waals surface area contributed by atoms with Crippen LogP contribution in [0.3, 0.4) is 0 Å². The number of nitrogens with one attached hydrogen (secondary N) is 1. The Bertz CT molecular complexity index is 847. The summed E-state index contributed by atoms with van der Waals surface area (Å²) in [4.78, 5) is 31.0. The molecule has 9 heteroatoms. The number of piperazine rings is 1. The van der Waals surface area contributed by atoms with E-state index in [1.54, 1.807) is 24.4 Å². The number of non-ortho nitro benzene ring substituents is 1. The zero-order valence-corrected chi connectivity index (χ0v) is 14.9. The second-order valence-electron chi connectivity index (χ2n) is 6.23. The van der Waals surface area contributed by atoms with E-state index < -0.39 is 10.8 Å². The molecule has 27 heavy (non-hydrogen) atoms. The number of anilines is 1. The highest BCUT2D eigenvalue weighted by Gasteiger charge is 2.18. The molecule has 1 saturated heterocycles. The van der Waals surface area contributed by atoms with Gasteiger partial charge in [-0.3, -0.25) is 19.9 Å². The number of rotatable bonds is 5. The first-order valence-corrected chi connectivity index (χ1v) is 8.50. The van der Waals surface area contributed by atoms with Crippen LogP contribution >= 0.6 is 0 Å². The summed E-state index contributed by atoms with van der Waals surface area (Å²) in [6.45, 7) is 3.45. The van der Waals surface area contributed by atoms with E-state index in [2.05, 4.69) is 32.4 Å². The predicted molar refractivity (Wildman–Crippen MR) is 102 cm³/mol. The normalized spacial score (nSPS) is 15.1. The molecule has 0 saturated carbocycles. The van der Waals surface area contributed by atoms with Gasteiger partial charge in [0.2, 0.25) is 0 Å². The number of carbonyl (C=O) groups is 1. The van der Waals surface area contributed by atoms with Crippen molar-refractivity contribution in [2.24, 2.45) is 5.10 Å². The van der Waals surface area contributed by atoms with Gasteiger partial charge in [-0.05, 0) is 25.2 Å².